The molecular formula is C15H19N3O6S. The van der Waals surface area contributed by atoms with Gasteiger partial charge in [-0.1, -0.05) is 12.1 Å². The van der Waals surface area contributed by atoms with Crippen molar-refractivity contribution in [2.75, 3.05) is 33.4 Å². The van der Waals surface area contributed by atoms with Gasteiger partial charge in [0.15, 0.2) is 6.61 Å². The lowest BCUT2D eigenvalue weighted by molar-refractivity contribution is -0.148. The Morgan fingerprint density at radius 2 is 2.04 bits per heavy atom. The summed E-state index contributed by atoms with van der Waals surface area (Å²) in [5.74, 6) is -0.824. The van der Waals surface area contributed by atoms with E-state index in [2.05, 4.69) is 15.0 Å². The minimum Gasteiger partial charge on any atom is -0.456 e. The number of hydrogen-bond acceptors (Lipinski definition) is 7. The zero-order valence-corrected chi connectivity index (χ0v) is 14.5. The van der Waals surface area contributed by atoms with Crippen LogP contribution < -0.4 is 10.0 Å². The van der Waals surface area contributed by atoms with E-state index in [1.807, 2.05) is 0 Å². The van der Waals surface area contributed by atoms with Crippen LogP contribution in [0.5, 0.6) is 0 Å². The Bertz CT molecular complexity index is 775. The number of hydrogen-bond donors (Lipinski definition) is 2. The van der Waals surface area contributed by atoms with E-state index in [1.54, 1.807) is 18.2 Å². The van der Waals surface area contributed by atoms with E-state index < -0.39 is 21.9 Å². The summed E-state index contributed by atoms with van der Waals surface area (Å²) >= 11 is 0. The molecule has 1 heterocycles. The molecular weight excluding hydrogens is 350 g/mol. The maximum absolute atomic E-state index is 11.9. The third-order valence-corrected chi connectivity index (χ3v) is 4.64. The van der Waals surface area contributed by atoms with Gasteiger partial charge >= 0.3 is 5.97 Å². The van der Waals surface area contributed by atoms with E-state index in [0.717, 1.165) is 0 Å². The maximum Gasteiger partial charge on any atom is 0.308 e. The summed E-state index contributed by atoms with van der Waals surface area (Å²) in [4.78, 5) is 27.2. The topological polar surface area (TPSA) is 123 Å². The van der Waals surface area contributed by atoms with E-state index in [9.17, 15) is 18.0 Å². The molecule has 0 fully saturated rings. The molecule has 0 radical (unpaired) electrons. The number of amidine groups is 1. The molecule has 1 aromatic rings. The van der Waals surface area contributed by atoms with Crippen molar-refractivity contribution in [2.24, 2.45) is 4.99 Å². The first-order valence-corrected chi connectivity index (χ1v) is 9.00. The Labute approximate surface area is 145 Å². The zero-order chi connectivity index (χ0) is 18.3. The van der Waals surface area contributed by atoms with Crippen molar-refractivity contribution in [1.29, 1.82) is 0 Å². The Balaban J connectivity index is 1.80. The fourth-order valence-corrected chi connectivity index (χ4v) is 3.32. The fraction of sp³-hybridized carbons (Fsp3) is 0.400. The highest BCUT2D eigenvalue weighted by atomic mass is 32.2. The summed E-state index contributed by atoms with van der Waals surface area (Å²) in [5.41, 5.74) is 0.466. The van der Waals surface area contributed by atoms with Crippen molar-refractivity contribution < 1.29 is 27.5 Å². The summed E-state index contributed by atoms with van der Waals surface area (Å²) in [5, 5.41) is 2.51. The van der Waals surface area contributed by atoms with Gasteiger partial charge in [0.05, 0.1) is 24.5 Å². The molecule has 0 atom stereocenters. The second kappa shape index (κ2) is 8.58. The van der Waals surface area contributed by atoms with Crippen molar-refractivity contribution >= 4 is 27.7 Å². The first kappa shape index (κ1) is 18.9. The molecule has 136 valence electrons. The standard InChI is InChI=1S/C15H19N3O6S/c1-23-9-8-16-13(19)10-24-14(20)6-7-17-15-11-4-2-3-5-12(11)25(21,22)18-15/h2-5H,6-10H2,1H3,(H,16,19)(H,17,18). The van der Waals surface area contributed by atoms with Gasteiger partial charge in [-0.25, -0.2) is 8.42 Å². The molecule has 1 aliphatic heterocycles. The second-order valence-corrected chi connectivity index (χ2v) is 6.74. The minimum absolute atomic E-state index is 0.0380. The zero-order valence-electron chi connectivity index (χ0n) is 13.6. The lowest BCUT2D eigenvalue weighted by Crippen LogP contribution is -2.31. The average Bonchev–Trinajstić information content (AvgIpc) is 2.84. The third-order valence-electron chi connectivity index (χ3n) is 3.24. The van der Waals surface area contributed by atoms with Gasteiger partial charge in [-0.05, 0) is 12.1 Å². The Kier molecular flexibility index (Phi) is 6.48. The molecule has 2 rings (SSSR count). The molecule has 25 heavy (non-hydrogen) atoms. The number of fused-ring (bicyclic) bond motifs is 1. The number of nitrogens with zero attached hydrogens (tertiary/aromatic N) is 1. The number of rotatable bonds is 8. The predicted octanol–water partition coefficient (Wildman–Crippen LogP) is -0.579. The van der Waals surface area contributed by atoms with Crippen molar-refractivity contribution in [2.45, 2.75) is 11.3 Å². The quantitative estimate of drug-likeness (QED) is 0.467. The van der Waals surface area contributed by atoms with Crippen molar-refractivity contribution in [3.05, 3.63) is 29.8 Å². The van der Waals surface area contributed by atoms with Crippen LogP contribution in [0.25, 0.3) is 0 Å². The monoisotopic (exact) mass is 369 g/mol. The van der Waals surface area contributed by atoms with Crippen LogP contribution in [0, 0.1) is 0 Å². The Hall–Kier alpha value is -2.46. The average molecular weight is 369 g/mol. The lowest BCUT2D eigenvalue weighted by atomic mass is 10.2. The van der Waals surface area contributed by atoms with E-state index in [4.69, 9.17) is 9.47 Å². The van der Waals surface area contributed by atoms with Crippen LogP contribution in [0.15, 0.2) is 34.2 Å². The number of amides is 1. The molecule has 0 saturated heterocycles. The molecule has 0 saturated carbocycles. The fourth-order valence-electron chi connectivity index (χ4n) is 2.07. The highest BCUT2D eigenvalue weighted by Crippen LogP contribution is 2.22. The number of carbonyl (C=O) groups excluding carboxylic acids is 2. The van der Waals surface area contributed by atoms with Crippen LogP contribution in [0.2, 0.25) is 0 Å². The molecule has 9 nitrogen and oxygen atoms in total. The van der Waals surface area contributed by atoms with Gasteiger partial charge < -0.3 is 14.8 Å². The molecule has 0 aliphatic carbocycles. The molecule has 10 heteroatoms. The largest absolute Gasteiger partial charge is 0.456 e. The van der Waals surface area contributed by atoms with Crippen LogP contribution in [0.1, 0.15) is 12.0 Å². The molecule has 0 spiro atoms. The summed E-state index contributed by atoms with van der Waals surface area (Å²) in [6, 6.07) is 6.44. The van der Waals surface area contributed by atoms with E-state index in [-0.39, 0.29) is 30.3 Å². The summed E-state index contributed by atoms with van der Waals surface area (Å²) in [7, 11) is -2.09. The molecule has 0 bridgehead atoms. The highest BCUT2D eigenvalue weighted by molar-refractivity contribution is 7.90. The van der Waals surface area contributed by atoms with Gasteiger partial charge in [-0.15, -0.1) is 0 Å². The van der Waals surface area contributed by atoms with Crippen LogP contribution in [-0.2, 0) is 29.1 Å². The van der Waals surface area contributed by atoms with Gasteiger partial charge in [-0.2, -0.15) is 0 Å². The van der Waals surface area contributed by atoms with Crippen molar-refractivity contribution in [3.63, 3.8) is 0 Å². The number of sulfonamides is 1. The lowest BCUT2D eigenvalue weighted by Gasteiger charge is -2.05. The molecule has 1 aromatic carbocycles. The van der Waals surface area contributed by atoms with Gasteiger partial charge in [0.1, 0.15) is 5.84 Å². The molecule has 1 amide bonds. The number of aliphatic imine (C=N–C) groups is 1. The number of benzene rings is 1. The first-order chi connectivity index (χ1) is 11.9. The van der Waals surface area contributed by atoms with Gasteiger partial charge in [0.2, 0.25) is 0 Å². The summed E-state index contributed by atoms with van der Waals surface area (Å²) < 4.78 is 35.7. The van der Waals surface area contributed by atoms with Crippen LogP contribution in [0.3, 0.4) is 0 Å². The minimum atomic E-state index is -3.60. The molecule has 0 aromatic heterocycles. The second-order valence-electron chi connectivity index (χ2n) is 5.09. The summed E-state index contributed by atoms with van der Waals surface area (Å²) in [6.45, 7) is 0.361. The highest BCUT2D eigenvalue weighted by Gasteiger charge is 2.29. The van der Waals surface area contributed by atoms with E-state index in [1.165, 1.54) is 13.2 Å². The number of carbonyl (C=O) groups is 2. The number of methoxy groups -OCH3 is 1. The smallest absolute Gasteiger partial charge is 0.308 e. The molecule has 2 N–H and O–H groups in total. The van der Waals surface area contributed by atoms with E-state index in [0.29, 0.717) is 18.7 Å². The third kappa shape index (κ3) is 5.26. The SMILES string of the molecule is COCCNC(=O)COC(=O)CCN=C1NS(=O)(=O)c2ccccc21. The van der Waals surface area contributed by atoms with Crippen molar-refractivity contribution in [3.8, 4) is 0 Å². The summed E-state index contributed by atoms with van der Waals surface area (Å²) in [6.07, 6.45) is -0.0707. The molecule has 0 unspecified atom stereocenters. The van der Waals surface area contributed by atoms with Crippen LogP contribution in [-0.4, -0.2) is 59.5 Å². The normalized spacial score (nSPS) is 16.1. The maximum atomic E-state index is 11.9. The van der Waals surface area contributed by atoms with Crippen LogP contribution >= 0.6 is 0 Å². The van der Waals surface area contributed by atoms with Crippen molar-refractivity contribution in [1.82, 2.24) is 10.0 Å². The van der Waals surface area contributed by atoms with Gasteiger partial charge in [-0.3, -0.25) is 19.3 Å². The number of nitrogens with one attached hydrogen (secondary N) is 2. The van der Waals surface area contributed by atoms with Gasteiger partial charge in [0.25, 0.3) is 15.9 Å². The van der Waals surface area contributed by atoms with Crippen LogP contribution in [0.4, 0.5) is 0 Å². The molecule has 1 aliphatic rings. The predicted molar refractivity (Wildman–Crippen MR) is 88.6 cm³/mol. The number of ether oxygens (including phenoxy) is 2. The van der Waals surface area contributed by atoms with Gasteiger partial charge in [0, 0.05) is 19.2 Å². The first-order valence-electron chi connectivity index (χ1n) is 7.52. The number of esters is 1. The Morgan fingerprint density at radius 1 is 1.28 bits per heavy atom. The Morgan fingerprint density at radius 3 is 2.80 bits per heavy atom. The van der Waals surface area contributed by atoms with E-state index >= 15 is 0 Å².